The van der Waals surface area contributed by atoms with Crippen molar-refractivity contribution in [1.82, 2.24) is 15.5 Å². The second-order valence-electron chi connectivity index (χ2n) is 7.58. The standard InChI is InChI=1S/C20H27N3O2/c24-19(18-12-14-6-4-5-7-15(14)13-21-18)22-17-10-11-23(20(17)25)16-8-2-1-3-9-16/h4-7,16-18,21H,1-3,8-13H2,(H,22,24)/t17-,18-/m1/s1. The third-order valence-corrected chi connectivity index (χ3v) is 5.97. The van der Waals surface area contributed by atoms with Crippen LogP contribution in [0.5, 0.6) is 0 Å². The molecular weight excluding hydrogens is 314 g/mol. The van der Waals surface area contributed by atoms with E-state index in [1.54, 1.807) is 0 Å². The van der Waals surface area contributed by atoms with Crippen molar-refractivity contribution in [2.24, 2.45) is 0 Å². The summed E-state index contributed by atoms with van der Waals surface area (Å²) in [5.74, 6) is 0.0785. The predicted octanol–water partition coefficient (Wildman–Crippen LogP) is 1.75. The zero-order valence-electron chi connectivity index (χ0n) is 14.7. The highest BCUT2D eigenvalue weighted by atomic mass is 16.2. The van der Waals surface area contributed by atoms with Crippen LogP contribution in [0.1, 0.15) is 49.7 Å². The summed E-state index contributed by atoms with van der Waals surface area (Å²) < 4.78 is 0. The molecule has 2 N–H and O–H groups in total. The number of hydrogen-bond acceptors (Lipinski definition) is 3. The van der Waals surface area contributed by atoms with Crippen LogP contribution < -0.4 is 10.6 Å². The molecule has 1 aromatic rings. The van der Waals surface area contributed by atoms with E-state index in [-0.39, 0.29) is 23.9 Å². The molecule has 1 aliphatic carbocycles. The SMILES string of the molecule is O=C(N[C@@H]1CCN(C2CCCCC2)C1=O)[C@H]1Cc2ccccc2CN1. The lowest BCUT2D eigenvalue weighted by atomic mass is 9.94. The number of likely N-dealkylation sites (tertiary alicyclic amines) is 1. The Hall–Kier alpha value is -1.88. The number of nitrogens with zero attached hydrogens (tertiary/aromatic N) is 1. The van der Waals surface area contributed by atoms with E-state index in [1.807, 2.05) is 17.0 Å². The van der Waals surface area contributed by atoms with Crippen molar-refractivity contribution < 1.29 is 9.59 Å². The smallest absolute Gasteiger partial charge is 0.245 e. The van der Waals surface area contributed by atoms with Gasteiger partial charge in [-0.05, 0) is 36.8 Å². The van der Waals surface area contributed by atoms with Gasteiger partial charge in [-0.3, -0.25) is 9.59 Å². The monoisotopic (exact) mass is 341 g/mol. The highest BCUT2D eigenvalue weighted by Gasteiger charge is 2.38. The highest BCUT2D eigenvalue weighted by Crippen LogP contribution is 2.26. The van der Waals surface area contributed by atoms with Crippen molar-refractivity contribution >= 4 is 11.8 Å². The van der Waals surface area contributed by atoms with Gasteiger partial charge in [0, 0.05) is 19.1 Å². The zero-order chi connectivity index (χ0) is 17.2. The number of hydrogen-bond donors (Lipinski definition) is 2. The number of benzene rings is 1. The summed E-state index contributed by atoms with van der Waals surface area (Å²) >= 11 is 0. The van der Waals surface area contributed by atoms with Crippen LogP contribution in [0.4, 0.5) is 0 Å². The third-order valence-electron chi connectivity index (χ3n) is 5.97. The molecule has 2 atom stereocenters. The molecule has 5 nitrogen and oxygen atoms in total. The molecular formula is C20H27N3O2. The summed E-state index contributed by atoms with van der Waals surface area (Å²) in [6.45, 7) is 1.50. The molecule has 3 aliphatic rings. The van der Waals surface area contributed by atoms with Crippen molar-refractivity contribution in [3.8, 4) is 0 Å². The number of rotatable bonds is 3. The maximum atomic E-state index is 12.7. The summed E-state index contributed by atoms with van der Waals surface area (Å²) in [7, 11) is 0. The van der Waals surface area contributed by atoms with Crippen LogP contribution >= 0.6 is 0 Å². The minimum Gasteiger partial charge on any atom is -0.343 e. The fraction of sp³-hybridized carbons (Fsp3) is 0.600. The first kappa shape index (κ1) is 16.6. The van der Waals surface area contributed by atoms with Crippen LogP contribution in [0.3, 0.4) is 0 Å². The molecule has 0 unspecified atom stereocenters. The van der Waals surface area contributed by atoms with Crippen LogP contribution in [-0.4, -0.2) is 41.4 Å². The molecule has 1 saturated heterocycles. The van der Waals surface area contributed by atoms with E-state index < -0.39 is 0 Å². The Kier molecular flexibility index (Phi) is 4.75. The van der Waals surface area contributed by atoms with E-state index in [4.69, 9.17) is 0 Å². The second kappa shape index (κ2) is 7.16. The molecule has 0 radical (unpaired) electrons. The van der Waals surface area contributed by atoms with Gasteiger partial charge in [-0.15, -0.1) is 0 Å². The number of amides is 2. The first-order valence-corrected chi connectivity index (χ1v) is 9.63. The lowest BCUT2D eigenvalue weighted by molar-refractivity contribution is -0.135. The Morgan fingerprint density at radius 1 is 1.08 bits per heavy atom. The molecule has 5 heteroatoms. The van der Waals surface area contributed by atoms with E-state index in [2.05, 4.69) is 22.8 Å². The van der Waals surface area contributed by atoms with Crippen molar-refractivity contribution in [2.75, 3.05) is 6.54 Å². The Morgan fingerprint density at radius 3 is 2.64 bits per heavy atom. The Bertz CT molecular complexity index is 654. The fourth-order valence-corrected chi connectivity index (χ4v) is 4.50. The van der Waals surface area contributed by atoms with Gasteiger partial charge < -0.3 is 15.5 Å². The van der Waals surface area contributed by atoms with Gasteiger partial charge in [0.15, 0.2) is 0 Å². The van der Waals surface area contributed by atoms with E-state index in [0.717, 1.165) is 25.8 Å². The molecule has 2 heterocycles. The van der Waals surface area contributed by atoms with Crippen LogP contribution in [0, 0.1) is 0 Å². The number of carbonyl (C=O) groups excluding carboxylic acids is 2. The van der Waals surface area contributed by atoms with Gasteiger partial charge >= 0.3 is 0 Å². The highest BCUT2D eigenvalue weighted by molar-refractivity contribution is 5.91. The Balaban J connectivity index is 1.35. The average molecular weight is 341 g/mol. The summed E-state index contributed by atoms with van der Waals surface area (Å²) in [5.41, 5.74) is 2.48. The second-order valence-corrected chi connectivity index (χ2v) is 7.58. The third kappa shape index (κ3) is 3.43. The van der Waals surface area contributed by atoms with Gasteiger partial charge in [0.05, 0.1) is 6.04 Å². The largest absolute Gasteiger partial charge is 0.343 e. The maximum absolute atomic E-state index is 12.7. The summed E-state index contributed by atoms with van der Waals surface area (Å²) in [4.78, 5) is 27.4. The van der Waals surface area contributed by atoms with Gasteiger partial charge in [0.25, 0.3) is 0 Å². The molecule has 2 amide bonds. The molecule has 0 bridgehead atoms. The fourth-order valence-electron chi connectivity index (χ4n) is 4.50. The molecule has 25 heavy (non-hydrogen) atoms. The van der Waals surface area contributed by atoms with Crippen molar-refractivity contribution in [2.45, 2.75) is 69.6 Å². The normalized spacial score (nSPS) is 27.2. The van der Waals surface area contributed by atoms with Crippen molar-refractivity contribution in [3.63, 3.8) is 0 Å². The number of nitrogens with one attached hydrogen (secondary N) is 2. The Labute approximate surface area is 149 Å². The van der Waals surface area contributed by atoms with Crippen molar-refractivity contribution in [1.29, 1.82) is 0 Å². The van der Waals surface area contributed by atoms with Crippen molar-refractivity contribution in [3.05, 3.63) is 35.4 Å². The molecule has 1 saturated carbocycles. The summed E-state index contributed by atoms with van der Waals surface area (Å²) in [5, 5.41) is 6.31. The molecule has 1 aromatic carbocycles. The number of carbonyl (C=O) groups is 2. The van der Waals surface area contributed by atoms with E-state index >= 15 is 0 Å². The summed E-state index contributed by atoms with van der Waals surface area (Å²) in [6.07, 6.45) is 7.39. The first-order valence-electron chi connectivity index (χ1n) is 9.63. The van der Waals surface area contributed by atoms with E-state index in [9.17, 15) is 9.59 Å². The molecule has 4 rings (SSSR count). The minimum atomic E-state index is -0.339. The van der Waals surface area contributed by atoms with Gasteiger partial charge in [-0.25, -0.2) is 0 Å². The lowest BCUT2D eigenvalue weighted by Crippen LogP contribution is -2.52. The molecule has 134 valence electrons. The molecule has 0 aromatic heterocycles. The molecule has 2 fully saturated rings. The first-order chi connectivity index (χ1) is 12.2. The van der Waals surface area contributed by atoms with Gasteiger partial charge in [0.1, 0.15) is 6.04 Å². The van der Waals surface area contributed by atoms with Gasteiger partial charge in [-0.1, -0.05) is 43.5 Å². The lowest BCUT2D eigenvalue weighted by Gasteiger charge is -2.31. The van der Waals surface area contributed by atoms with Crippen LogP contribution in [0.15, 0.2) is 24.3 Å². The van der Waals surface area contributed by atoms with Crippen LogP contribution in [0.25, 0.3) is 0 Å². The average Bonchev–Trinajstić information content (AvgIpc) is 3.02. The van der Waals surface area contributed by atoms with Crippen LogP contribution in [0.2, 0.25) is 0 Å². The number of fused-ring (bicyclic) bond motifs is 1. The predicted molar refractivity (Wildman–Crippen MR) is 95.9 cm³/mol. The zero-order valence-corrected chi connectivity index (χ0v) is 14.7. The molecule has 0 spiro atoms. The van der Waals surface area contributed by atoms with E-state index in [1.165, 1.54) is 30.4 Å². The molecule has 2 aliphatic heterocycles. The topological polar surface area (TPSA) is 61.4 Å². The van der Waals surface area contributed by atoms with Gasteiger partial charge in [0.2, 0.25) is 11.8 Å². The Morgan fingerprint density at radius 2 is 1.84 bits per heavy atom. The van der Waals surface area contributed by atoms with E-state index in [0.29, 0.717) is 19.0 Å². The van der Waals surface area contributed by atoms with Gasteiger partial charge in [-0.2, -0.15) is 0 Å². The van der Waals surface area contributed by atoms with Crippen LogP contribution in [-0.2, 0) is 22.6 Å². The quantitative estimate of drug-likeness (QED) is 0.880. The summed E-state index contributed by atoms with van der Waals surface area (Å²) in [6, 6.07) is 8.03. The minimum absolute atomic E-state index is 0.0432. The maximum Gasteiger partial charge on any atom is 0.245 e.